The van der Waals surface area contributed by atoms with Gasteiger partial charge in [-0.25, -0.2) is 4.79 Å². The molecule has 1 atom stereocenters. The van der Waals surface area contributed by atoms with Gasteiger partial charge in [-0.05, 0) is 60.1 Å². The lowest BCUT2D eigenvalue weighted by Gasteiger charge is -2.14. The van der Waals surface area contributed by atoms with E-state index in [0.29, 0.717) is 76.7 Å². The summed E-state index contributed by atoms with van der Waals surface area (Å²) in [4.78, 5) is 49.6. The van der Waals surface area contributed by atoms with E-state index in [4.69, 9.17) is 29.4 Å². The van der Waals surface area contributed by atoms with Crippen LogP contribution in [0.1, 0.15) is 72.3 Å². The minimum atomic E-state index is -0.893. The average molecular weight is 642 g/mol. The maximum atomic E-state index is 13.3. The fraction of sp³-hybridized carbons (Fsp3) is 0.529. The molecule has 0 radical (unpaired) electrons. The highest BCUT2D eigenvalue weighted by Crippen LogP contribution is 2.47. The third-order valence-electron chi connectivity index (χ3n) is 7.49. The van der Waals surface area contributed by atoms with Crippen molar-refractivity contribution in [3.63, 3.8) is 0 Å². The Bertz CT molecular complexity index is 1300. The highest BCUT2D eigenvalue weighted by atomic mass is 16.5. The van der Waals surface area contributed by atoms with E-state index >= 15 is 0 Å². The second-order valence-electron chi connectivity index (χ2n) is 11.0. The zero-order valence-electron chi connectivity index (χ0n) is 26.9. The number of Topliss-reactive ketones (excluding diaryl/α,β-unsaturated/α-hetero) is 1. The number of rotatable bonds is 23. The molecule has 1 aliphatic rings. The Kier molecular flexibility index (Phi) is 16.2. The number of nitrogens with one attached hydrogen (secondary N) is 2. The van der Waals surface area contributed by atoms with Crippen LogP contribution in [0.4, 0.5) is 10.5 Å². The summed E-state index contributed by atoms with van der Waals surface area (Å²) in [5.74, 6) is -0.731. The number of ether oxygens (including phenoxy) is 5. The van der Waals surface area contributed by atoms with E-state index in [1.165, 1.54) is 0 Å². The van der Waals surface area contributed by atoms with Gasteiger partial charge in [-0.3, -0.25) is 14.4 Å². The molecule has 1 unspecified atom stereocenters. The number of primary amides is 1. The smallest absolute Gasteiger partial charge is 0.404 e. The normalized spacial score (nSPS) is 13.1. The van der Waals surface area contributed by atoms with Crippen LogP contribution in [-0.2, 0) is 33.3 Å². The van der Waals surface area contributed by atoms with Gasteiger partial charge in [0.1, 0.15) is 6.61 Å². The Morgan fingerprint density at radius 2 is 1.46 bits per heavy atom. The Balaban J connectivity index is 1.59. The molecule has 0 spiro atoms. The molecule has 0 saturated heterocycles. The molecule has 4 N–H and O–H groups in total. The Morgan fingerprint density at radius 3 is 2.17 bits per heavy atom. The second kappa shape index (κ2) is 20.3. The number of carbonyl (C=O) groups is 4. The largest absolute Gasteiger partial charge is 0.449 e. The van der Waals surface area contributed by atoms with Crippen LogP contribution in [0.3, 0.4) is 0 Å². The van der Waals surface area contributed by atoms with Gasteiger partial charge in [0.05, 0.1) is 6.61 Å². The number of methoxy groups -OCH3 is 2. The molecule has 0 bridgehead atoms. The molecule has 0 aliphatic heterocycles. The fourth-order valence-corrected chi connectivity index (χ4v) is 5.33. The summed E-state index contributed by atoms with van der Waals surface area (Å²) >= 11 is 0. The molecule has 3 amide bonds. The van der Waals surface area contributed by atoms with Crippen LogP contribution >= 0.6 is 0 Å². The van der Waals surface area contributed by atoms with Crippen molar-refractivity contribution in [1.82, 2.24) is 5.32 Å². The molecule has 2 aromatic rings. The van der Waals surface area contributed by atoms with Gasteiger partial charge in [0, 0.05) is 90.2 Å². The second-order valence-corrected chi connectivity index (χ2v) is 11.0. The minimum absolute atomic E-state index is 0.00391. The van der Waals surface area contributed by atoms with Crippen molar-refractivity contribution in [1.29, 1.82) is 0 Å². The number of carbonyl (C=O) groups excluding carboxylic acids is 4. The maximum Gasteiger partial charge on any atom is 0.404 e. The first-order valence-electron chi connectivity index (χ1n) is 15.8. The summed E-state index contributed by atoms with van der Waals surface area (Å²) in [5.41, 5.74) is 9.75. The van der Waals surface area contributed by atoms with E-state index < -0.39 is 6.09 Å². The monoisotopic (exact) mass is 641 g/mol. The van der Waals surface area contributed by atoms with E-state index in [2.05, 4.69) is 10.6 Å². The van der Waals surface area contributed by atoms with Gasteiger partial charge in [0.2, 0.25) is 11.8 Å². The molecule has 252 valence electrons. The first kappa shape index (κ1) is 36.6. The number of hydrogen-bond donors (Lipinski definition) is 3. The predicted molar refractivity (Wildman–Crippen MR) is 173 cm³/mol. The molecule has 12 nitrogen and oxygen atoms in total. The lowest BCUT2D eigenvalue weighted by molar-refractivity contribution is -0.121. The molecular weight excluding hydrogens is 594 g/mol. The molecule has 1 aliphatic carbocycles. The van der Waals surface area contributed by atoms with Gasteiger partial charge in [-0.2, -0.15) is 0 Å². The van der Waals surface area contributed by atoms with Gasteiger partial charge in [0.25, 0.3) is 0 Å². The molecular formula is C34H47N3O9. The summed E-state index contributed by atoms with van der Waals surface area (Å²) < 4.78 is 26.2. The first-order chi connectivity index (χ1) is 22.3. The third kappa shape index (κ3) is 11.8. The maximum absolute atomic E-state index is 13.3. The van der Waals surface area contributed by atoms with E-state index in [1.807, 2.05) is 30.3 Å². The van der Waals surface area contributed by atoms with Crippen LogP contribution in [0.15, 0.2) is 36.4 Å². The van der Waals surface area contributed by atoms with E-state index in [9.17, 15) is 19.2 Å². The molecule has 46 heavy (non-hydrogen) atoms. The van der Waals surface area contributed by atoms with Gasteiger partial charge in [-0.15, -0.1) is 0 Å². The molecule has 0 saturated carbocycles. The molecule has 0 fully saturated rings. The van der Waals surface area contributed by atoms with Crippen molar-refractivity contribution in [3.05, 3.63) is 53.1 Å². The minimum Gasteiger partial charge on any atom is -0.449 e. The Morgan fingerprint density at radius 1 is 0.761 bits per heavy atom. The lowest BCUT2D eigenvalue weighted by Crippen LogP contribution is -2.27. The van der Waals surface area contributed by atoms with Crippen LogP contribution < -0.4 is 16.4 Å². The number of hydrogen-bond acceptors (Lipinski definition) is 9. The number of benzene rings is 2. The van der Waals surface area contributed by atoms with Crippen molar-refractivity contribution in [2.24, 2.45) is 5.73 Å². The zero-order chi connectivity index (χ0) is 33.1. The average Bonchev–Trinajstić information content (AvgIpc) is 3.35. The van der Waals surface area contributed by atoms with E-state index in [-0.39, 0.29) is 43.0 Å². The molecule has 12 heteroatoms. The van der Waals surface area contributed by atoms with E-state index in [0.717, 1.165) is 35.1 Å². The predicted octanol–water partition coefficient (Wildman–Crippen LogP) is 4.19. The highest BCUT2D eigenvalue weighted by molar-refractivity contribution is 6.05. The van der Waals surface area contributed by atoms with Gasteiger partial charge in [0.15, 0.2) is 5.78 Å². The quantitative estimate of drug-likeness (QED) is 0.119. The van der Waals surface area contributed by atoms with Crippen LogP contribution in [-0.4, -0.2) is 90.7 Å². The number of anilines is 1. The number of ketones is 1. The molecule has 3 rings (SSSR count). The van der Waals surface area contributed by atoms with Crippen molar-refractivity contribution in [2.45, 2.75) is 50.9 Å². The van der Waals surface area contributed by atoms with Crippen molar-refractivity contribution in [2.75, 3.05) is 72.3 Å². The molecule has 2 aromatic carbocycles. The number of amides is 3. The van der Waals surface area contributed by atoms with Crippen molar-refractivity contribution >= 4 is 29.4 Å². The van der Waals surface area contributed by atoms with Crippen molar-refractivity contribution in [3.8, 4) is 11.1 Å². The van der Waals surface area contributed by atoms with Gasteiger partial charge in [-0.1, -0.05) is 24.3 Å². The summed E-state index contributed by atoms with van der Waals surface area (Å²) in [6.45, 7) is 3.72. The summed E-state index contributed by atoms with van der Waals surface area (Å²) in [6, 6.07) is 11.0. The highest BCUT2D eigenvalue weighted by Gasteiger charge is 2.33. The lowest BCUT2D eigenvalue weighted by atomic mass is 9.93. The summed E-state index contributed by atoms with van der Waals surface area (Å²) in [7, 11) is 3.28. The number of fused-ring (bicyclic) bond motifs is 3. The fourth-order valence-electron chi connectivity index (χ4n) is 5.33. The topological polar surface area (TPSA) is 165 Å². The van der Waals surface area contributed by atoms with Gasteiger partial charge >= 0.3 is 6.09 Å². The SMILES string of the molecule is COCCCOCCCC(=O)c1cccc2c1-c1ccc(NC(=O)CCCC(=O)NCCOCCCOC)cc1C2COC(N)=O. The van der Waals surface area contributed by atoms with Crippen molar-refractivity contribution < 1.29 is 42.9 Å². The van der Waals surface area contributed by atoms with Crippen LogP contribution in [0.5, 0.6) is 0 Å². The van der Waals surface area contributed by atoms with Crippen LogP contribution in [0.25, 0.3) is 11.1 Å². The third-order valence-corrected chi connectivity index (χ3v) is 7.49. The van der Waals surface area contributed by atoms with Crippen LogP contribution in [0.2, 0.25) is 0 Å². The standard InChI is InChI=1S/C34H47N3O9/c1-42-16-6-19-44-18-5-10-30(38)27-9-3-8-25-29(23-46-34(35)41)28-22-24(13-14-26(28)33(25)27)37-32(40)12-4-11-31(39)36-15-21-45-20-7-17-43-2/h3,8-9,13-14,22,29H,4-7,10-12,15-21,23H2,1-2H3,(H2,35,41)(H,36,39)(H,37,40). The Hall–Kier alpha value is -3.84. The summed E-state index contributed by atoms with van der Waals surface area (Å²) in [5, 5.41) is 5.69. The first-order valence-corrected chi connectivity index (χ1v) is 15.8. The van der Waals surface area contributed by atoms with E-state index in [1.54, 1.807) is 20.3 Å². The molecule has 0 heterocycles. The van der Waals surface area contributed by atoms with Gasteiger partial charge < -0.3 is 40.1 Å². The summed E-state index contributed by atoms with van der Waals surface area (Å²) in [6.07, 6.45) is 2.40. The number of nitrogens with two attached hydrogens (primary N) is 1. The van der Waals surface area contributed by atoms with Crippen LogP contribution in [0, 0.1) is 0 Å². The molecule has 0 aromatic heterocycles. The zero-order valence-corrected chi connectivity index (χ0v) is 26.9. The Labute approximate surface area is 270 Å².